The second-order valence-electron chi connectivity index (χ2n) is 23.1. The van der Waals surface area contributed by atoms with E-state index in [0.29, 0.717) is 16.7 Å². The van der Waals surface area contributed by atoms with E-state index in [-0.39, 0.29) is 38.2 Å². The van der Waals surface area contributed by atoms with E-state index in [1.165, 1.54) is 64.7 Å². The Hall–Kier alpha value is -4.93. The summed E-state index contributed by atoms with van der Waals surface area (Å²) < 4.78 is 48.4. The van der Waals surface area contributed by atoms with Crippen LogP contribution in [0.5, 0.6) is 0 Å². The molecule has 3 aliphatic carbocycles. The number of hydrogen-bond donors (Lipinski definition) is 2. The fourth-order valence-electron chi connectivity index (χ4n) is 13.2. The first-order chi connectivity index (χ1) is 36.8. The summed E-state index contributed by atoms with van der Waals surface area (Å²) in [6, 6.07) is 17.1. The highest BCUT2D eigenvalue weighted by Gasteiger charge is 2.77. The zero-order valence-electron chi connectivity index (χ0n) is 46.8. The standard InChI is InChI=1S/C62H86O15/c1-9-10-11-12-13-14-15-16-17-18-19-20-21-22-29-34-50-70-37-46(73-50)38-71-58(68)75-52(40(2)44-30-25-23-26-31-44)57(67)74-47-36-62(69)55(76-56(66)45-32-27-24-28-33-45)53-60(8,54(65)42(4)51(41(47)3)59(62,6)7)48(64)35-49-61(53,39-72-49)77-43(5)63/h16-17,23-28,30-33,40,42,46-50,52-53,55,64,69H,9-15,18-22,29,34-39H2,1-8H3/b17-16-/t40-,42+,46?,47-,48-,49+,50?,52+,53-,55-,60+,61-,62+/m0/s1. The van der Waals surface area contributed by atoms with Gasteiger partial charge in [0.25, 0.3) is 0 Å². The zero-order valence-corrected chi connectivity index (χ0v) is 46.8. The molecule has 77 heavy (non-hydrogen) atoms. The van der Waals surface area contributed by atoms with Crippen molar-refractivity contribution in [3.63, 3.8) is 0 Å². The maximum Gasteiger partial charge on any atom is 0.509 e. The third-order valence-electron chi connectivity index (χ3n) is 17.6. The summed E-state index contributed by atoms with van der Waals surface area (Å²) >= 11 is 0. The first kappa shape index (κ1) is 59.7. The van der Waals surface area contributed by atoms with Gasteiger partial charge in [-0.05, 0) is 81.2 Å². The average molecular weight is 1070 g/mol. The lowest BCUT2D eigenvalue weighted by molar-refractivity contribution is -0.345. The molecule has 2 N–H and O–H groups in total. The van der Waals surface area contributed by atoms with E-state index in [2.05, 4.69) is 19.1 Å². The van der Waals surface area contributed by atoms with E-state index < -0.39 is 113 Å². The molecule has 2 saturated heterocycles. The Kier molecular flexibility index (Phi) is 20.4. The number of Topliss-reactive ketones (excluding diaryl/α,β-unsaturated/α-hetero) is 1. The summed E-state index contributed by atoms with van der Waals surface area (Å²) in [5, 5.41) is 25.9. The highest BCUT2D eigenvalue weighted by Crippen LogP contribution is 2.65. The highest BCUT2D eigenvalue weighted by molar-refractivity contribution is 5.92. The molecule has 2 heterocycles. The van der Waals surface area contributed by atoms with E-state index in [1.807, 2.05) is 6.07 Å². The molecule has 15 nitrogen and oxygen atoms in total. The van der Waals surface area contributed by atoms with Gasteiger partial charge in [-0.1, -0.05) is 147 Å². The Labute approximate surface area is 456 Å². The average Bonchev–Trinajstić information content (AvgIpc) is 3.94. The van der Waals surface area contributed by atoms with Crippen LogP contribution in [0, 0.1) is 22.7 Å². The van der Waals surface area contributed by atoms with Crippen LogP contribution < -0.4 is 0 Å². The summed E-state index contributed by atoms with van der Waals surface area (Å²) in [5.41, 5.74) is -5.28. The van der Waals surface area contributed by atoms with E-state index in [0.717, 1.165) is 32.1 Å². The minimum Gasteiger partial charge on any atom is -0.455 e. The van der Waals surface area contributed by atoms with Gasteiger partial charge in [-0.15, -0.1) is 0 Å². The fourth-order valence-corrected chi connectivity index (χ4v) is 13.2. The minimum atomic E-state index is -2.19. The molecule has 424 valence electrons. The minimum absolute atomic E-state index is 0.0677. The van der Waals surface area contributed by atoms with Crippen molar-refractivity contribution < 1.29 is 72.1 Å². The number of ether oxygens (including phenoxy) is 8. The van der Waals surface area contributed by atoms with Crippen LogP contribution in [0.4, 0.5) is 4.79 Å². The van der Waals surface area contributed by atoms with Gasteiger partial charge in [0.2, 0.25) is 6.10 Å². The second-order valence-corrected chi connectivity index (χ2v) is 23.1. The maximum atomic E-state index is 15.4. The number of unbranched alkanes of at least 4 members (excludes halogenated alkanes) is 11. The SMILES string of the molecule is CCCCCCCC/C=C\CCCCCCCC1OCC(COC(=O)O[C@@H](C(=O)O[C@H]2C[C@@]3(O)[C@@H](OC(=O)c4ccccc4)[C@@H]4[C@]5(OC(C)=O)CO[C@@H]5C[C@H](O)[C@@]4(C)C(=O)[C@H](C)C(=C2C)C3(C)C)[C@@H](C)c2ccccc2)O1. The molecule has 5 aliphatic rings. The number of fused-ring (bicyclic) bond motifs is 5. The quantitative estimate of drug-likeness (QED) is 0.0411. The van der Waals surface area contributed by atoms with E-state index >= 15 is 4.79 Å². The molecule has 2 bridgehead atoms. The van der Waals surface area contributed by atoms with Gasteiger partial charge < -0.3 is 48.1 Å². The highest BCUT2D eigenvalue weighted by atomic mass is 16.8. The van der Waals surface area contributed by atoms with E-state index in [4.69, 9.17) is 37.9 Å². The number of rotatable bonds is 25. The van der Waals surface area contributed by atoms with Crippen LogP contribution in [0.2, 0.25) is 0 Å². The summed E-state index contributed by atoms with van der Waals surface area (Å²) in [5.74, 6) is -6.07. The third kappa shape index (κ3) is 13.1. The van der Waals surface area contributed by atoms with Crippen molar-refractivity contribution in [2.45, 2.75) is 218 Å². The van der Waals surface area contributed by atoms with Gasteiger partial charge in [-0.25, -0.2) is 14.4 Å². The Bertz CT molecular complexity index is 2380. The number of allylic oxidation sites excluding steroid dienone is 2. The van der Waals surface area contributed by atoms with Crippen LogP contribution in [0.25, 0.3) is 0 Å². The van der Waals surface area contributed by atoms with Crippen molar-refractivity contribution in [2.75, 3.05) is 19.8 Å². The van der Waals surface area contributed by atoms with Crippen molar-refractivity contribution in [3.8, 4) is 0 Å². The Morgan fingerprint density at radius 2 is 1.47 bits per heavy atom. The molecular weight excluding hydrogens is 985 g/mol. The molecular formula is C62H86O15. The fraction of sp³-hybridized carbons (Fsp3) is 0.661. The molecule has 7 rings (SSSR count). The lowest BCUT2D eigenvalue weighted by Crippen LogP contribution is -2.81. The zero-order chi connectivity index (χ0) is 55.5. The monoisotopic (exact) mass is 1070 g/mol. The van der Waals surface area contributed by atoms with Gasteiger partial charge in [0.15, 0.2) is 11.9 Å². The normalized spacial score (nSPS) is 31.2. The summed E-state index contributed by atoms with van der Waals surface area (Å²) in [4.78, 5) is 71.4. The molecule has 4 fully saturated rings. The molecule has 2 unspecified atom stereocenters. The van der Waals surface area contributed by atoms with Crippen LogP contribution in [-0.4, -0.2) is 114 Å². The number of aliphatic hydroxyl groups excluding tert-OH is 1. The van der Waals surface area contributed by atoms with Crippen LogP contribution in [0.1, 0.15) is 180 Å². The van der Waals surface area contributed by atoms with Gasteiger partial charge in [0.1, 0.15) is 42.4 Å². The molecule has 0 spiro atoms. The Morgan fingerprint density at radius 3 is 2.09 bits per heavy atom. The summed E-state index contributed by atoms with van der Waals surface area (Å²) in [6.45, 7) is 13.5. The molecule has 0 amide bonds. The summed E-state index contributed by atoms with van der Waals surface area (Å²) in [6.07, 6.45) is 11.8. The summed E-state index contributed by atoms with van der Waals surface area (Å²) in [7, 11) is 0. The Morgan fingerprint density at radius 1 is 0.844 bits per heavy atom. The first-order valence-electron chi connectivity index (χ1n) is 28.5. The van der Waals surface area contributed by atoms with Crippen LogP contribution in [0.3, 0.4) is 0 Å². The smallest absolute Gasteiger partial charge is 0.455 e. The van der Waals surface area contributed by atoms with Gasteiger partial charge in [0, 0.05) is 37.0 Å². The Balaban J connectivity index is 1.04. The van der Waals surface area contributed by atoms with Crippen molar-refractivity contribution in [3.05, 3.63) is 95.1 Å². The number of carbonyl (C=O) groups excluding carboxylic acids is 5. The first-order valence-corrected chi connectivity index (χ1v) is 28.5. The molecule has 2 saturated carbocycles. The van der Waals surface area contributed by atoms with E-state index in [9.17, 15) is 29.4 Å². The van der Waals surface area contributed by atoms with Gasteiger partial charge in [0.05, 0.1) is 36.2 Å². The van der Waals surface area contributed by atoms with Crippen LogP contribution >= 0.6 is 0 Å². The predicted octanol–water partition coefficient (Wildman–Crippen LogP) is 11.0. The maximum absolute atomic E-state index is 15.4. The predicted molar refractivity (Wildman–Crippen MR) is 287 cm³/mol. The molecule has 0 radical (unpaired) electrons. The largest absolute Gasteiger partial charge is 0.509 e. The van der Waals surface area contributed by atoms with Gasteiger partial charge in [-0.3, -0.25) is 9.59 Å². The molecule has 15 heteroatoms. The van der Waals surface area contributed by atoms with E-state index in [1.54, 1.807) is 96.1 Å². The molecule has 2 aromatic rings. The van der Waals surface area contributed by atoms with Crippen LogP contribution in [0.15, 0.2) is 84.0 Å². The van der Waals surface area contributed by atoms with Gasteiger partial charge >= 0.3 is 24.1 Å². The topological polar surface area (TPSA) is 200 Å². The second kappa shape index (κ2) is 26.4. The lowest BCUT2D eigenvalue weighted by atomic mass is 9.43. The van der Waals surface area contributed by atoms with Crippen LogP contribution in [-0.2, 0) is 52.3 Å². The number of ketones is 1. The molecule has 13 atom stereocenters. The molecule has 0 aromatic heterocycles. The van der Waals surface area contributed by atoms with Crippen molar-refractivity contribution in [1.29, 1.82) is 0 Å². The number of esters is 3. The molecule has 2 aromatic carbocycles. The van der Waals surface area contributed by atoms with Crippen molar-refractivity contribution in [2.24, 2.45) is 22.7 Å². The number of carbonyl (C=O) groups is 5. The third-order valence-corrected chi connectivity index (χ3v) is 17.6. The molecule has 2 aliphatic heterocycles. The van der Waals surface area contributed by atoms with Crippen molar-refractivity contribution >= 4 is 29.8 Å². The van der Waals surface area contributed by atoms with Gasteiger partial charge in [-0.2, -0.15) is 0 Å². The number of aliphatic hydroxyl groups is 2. The lowest BCUT2D eigenvalue weighted by Gasteiger charge is -2.67. The number of hydrogen-bond acceptors (Lipinski definition) is 15. The number of benzene rings is 2. The van der Waals surface area contributed by atoms with Crippen molar-refractivity contribution in [1.82, 2.24) is 0 Å².